The fourth-order valence-corrected chi connectivity index (χ4v) is 1.30. The fourth-order valence-electron chi connectivity index (χ4n) is 1.30. The minimum atomic E-state index is -0.506. The second kappa shape index (κ2) is 5.65. The lowest BCUT2D eigenvalue weighted by molar-refractivity contribution is 0.0846. The maximum absolute atomic E-state index is 11.6. The molecule has 0 spiro atoms. The molecule has 0 radical (unpaired) electrons. The summed E-state index contributed by atoms with van der Waals surface area (Å²) in [4.78, 5) is 11.6. The molecule has 0 aliphatic carbocycles. The Morgan fingerprint density at radius 1 is 1.69 bits per heavy atom. The summed E-state index contributed by atoms with van der Waals surface area (Å²) in [7, 11) is 0. The number of aliphatic hydroxyl groups is 1. The molecule has 0 fully saturated rings. The zero-order valence-electron chi connectivity index (χ0n) is 9.95. The van der Waals surface area contributed by atoms with Gasteiger partial charge in [0, 0.05) is 12.2 Å². The van der Waals surface area contributed by atoms with Crippen LogP contribution in [-0.4, -0.2) is 33.9 Å². The Morgan fingerprint density at radius 2 is 2.38 bits per heavy atom. The molecular formula is C11H19N3O2. The molecule has 0 aliphatic rings. The number of aliphatic hydroxyl groups excluding tert-OH is 1. The molecule has 16 heavy (non-hydrogen) atoms. The second-order valence-corrected chi connectivity index (χ2v) is 4.10. The minimum absolute atomic E-state index is 0.182. The fraction of sp³-hybridized carbons (Fsp3) is 0.636. The number of nitrogens with zero attached hydrogens (tertiary/aromatic N) is 1. The molecule has 2 unspecified atom stereocenters. The number of aromatic nitrogens is 2. The van der Waals surface area contributed by atoms with E-state index in [2.05, 4.69) is 15.5 Å². The van der Waals surface area contributed by atoms with Crippen LogP contribution in [0.25, 0.3) is 0 Å². The van der Waals surface area contributed by atoms with Gasteiger partial charge in [0.05, 0.1) is 6.10 Å². The van der Waals surface area contributed by atoms with Gasteiger partial charge >= 0.3 is 0 Å². The highest BCUT2D eigenvalue weighted by molar-refractivity contribution is 5.92. The van der Waals surface area contributed by atoms with Crippen LogP contribution < -0.4 is 5.32 Å². The Morgan fingerprint density at radius 3 is 2.88 bits per heavy atom. The highest BCUT2D eigenvalue weighted by Crippen LogP contribution is 2.06. The van der Waals surface area contributed by atoms with E-state index >= 15 is 0 Å². The maximum atomic E-state index is 11.6. The lowest BCUT2D eigenvalue weighted by Gasteiger charge is -2.17. The SMILES string of the molecule is CCC(C)C(O)CNC(=O)c1cc(C)[nH]n1. The van der Waals surface area contributed by atoms with E-state index in [1.165, 1.54) is 0 Å². The van der Waals surface area contributed by atoms with Crippen molar-refractivity contribution in [3.8, 4) is 0 Å². The molecule has 1 rings (SSSR count). The first-order valence-corrected chi connectivity index (χ1v) is 5.52. The van der Waals surface area contributed by atoms with Gasteiger partial charge in [0.1, 0.15) is 5.69 Å². The highest BCUT2D eigenvalue weighted by Gasteiger charge is 2.15. The van der Waals surface area contributed by atoms with Gasteiger partial charge in [-0.1, -0.05) is 20.3 Å². The van der Waals surface area contributed by atoms with Crippen molar-refractivity contribution in [1.29, 1.82) is 0 Å². The number of aryl methyl sites for hydroxylation is 1. The third-order valence-electron chi connectivity index (χ3n) is 2.71. The highest BCUT2D eigenvalue weighted by atomic mass is 16.3. The number of carbonyl (C=O) groups excluding carboxylic acids is 1. The van der Waals surface area contributed by atoms with Crippen molar-refractivity contribution in [3.63, 3.8) is 0 Å². The second-order valence-electron chi connectivity index (χ2n) is 4.10. The summed E-state index contributed by atoms with van der Waals surface area (Å²) in [6.07, 6.45) is 0.382. The minimum Gasteiger partial charge on any atom is -0.391 e. The summed E-state index contributed by atoms with van der Waals surface area (Å²) < 4.78 is 0. The zero-order valence-corrected chi connectivity index (χ0v) is 9.95. The first kappa shape index (κ1) is 12.7. The van der Waals surface area contributed by atoms with Gasteiger partial charge in [-0.05, 0) is 18.9 Å². The Balaban J connectivity index is 2.41. The van der Waals surface area contributed by atoms with E-state index in [1.807, 2.05) is 20.8 Å². The summed E-state index contributed by atoms with van der Waals surface area (Å²) in [6.45, 7) is 6.06. The largest absolute Gasteiger partial charge is 0.391 e. The van der Waals surface area contributed by atoms with Crippen molar-refractivity contribution >= 4 is 5.91 Å². The van der Waals surface area contributed by atoms with Gasteiger partial charge in [0.15, 0.2) is 0 Å². The smallest absolute Gasteiger partial charge is 0.271 e. The summed E-state index contributed by atoms with van der Waals surface area (Å²) in [5.74, 6) is -0.0760. The maximum Gasteiger partial charge on any atom is 0.271 e. The molecule has 0 bridgehead atoms. The molecule has 1 aromatic heterocycles. The molecule has 90 valence electrons. The molecule has 1 aromatic rings. The number of rotatable bonds is 5. The van der Waals surface area contributed by atoms with Crippen molar-refractivity contribution in [2.45, 2.75) is 33.3 Å². The Bertz CT molecular complexity index is 349. The average molecular weight is 225 g/mol. The molecule has 0 saturated heterocycles. The van der Waals surface area contributed by atoms with Crippen LogP contribution in [0.2, 0.25) is 0 Å². The molecule has 0 saturated carbocycles. The van der Waals surface area contributed by atoms with Crippen LogP contribution in [0, 0.1) is 12.8 Å². The van der Waals surface area contributed by atoms with E-state index in [-0.39, 0.29) is 18.4 Å². The zero-order chi connectivity index (χ0) is 12.1. The summed E-state index contributed by atoms with van der Waals surface area (Å²) >= 11 is 0. The van der Waals surface area contributed by atoms with Gasteiger partial charge in [-0.2, -0.15) is 5.10 Å². The summed E-state index contributed by atoms with van der Waals surface area (Å²) in [6, 6.07) is 1.67. The predicted molar refractivity (Wildman–Crippen MR) is 61.1 cm³/mol. The molecule has 3 N–H and O–H groups in total. The van der Waals surface area contributed by atoms with Gasteiger partial charge in [0.2, 0.25) is 0 Å². The van der Waals surface area contributed by atoms with Gasteiger partial charge in [-0.3, -0.25) is 9.89 Å². The van der Waals surface area contributed by atoms with Crippen molar-refractivity contribution in [3.05, 3.63) is 17.5 Å². The number of H-pyrrole nitrogens is 1. The number of nitrogens with one attached hydrogen (secondary N) is 2. The van der Waals surface area contributed by atoms with Crippen LogP contribution >= 0.6 is 0 Å². The molecule has 5 nitrogen and oxygen atoms in total. The quantitative estimate of drug-likeness (QED) is 0.695. The molecule has 1 heterocycles. The lowest BCUT2D eigenvalue weighted by Crippen LogP contribution is -2.35. The van der Waals surface area contributed by atoms with Crippen LogP contribution in [0.1, 0.15) is 36.5 Å². The first-order chi connectivity index (χ1) is 7.54. The Kier molecular flexibility index (Phi) is 4.49. The van der Waals surface area contributed by atoms with Crippen LogP contribution in [0.4, 0.5) is 0 Å². The molecular weight excluding hydrogens is 206 g/mol. The van der Waals surface area contributed by atoms with Crippen molar-refractivity contribution in [2.75, 3.05) is 6.54 Å². The number of hydrogen-bond acceptors (Lipinski definition) is 3. The van der Waals surface area contributed by atoms with Crippen LogP contribution in [0.5, 0.6) is 0 Å². The van der Waals surface area contributed by atoms with Crippen LogP contribution in [0.3, 0.4) is 0 Å². The molecule has 2 atom stereocenters. The van der Waals surface area contributed by atoms with E-state index in [9.17, 15) is 9.90 Å². The van der Waals surface area contributed by atoms with E-state index in [1.54, 1.807) is 6.07 Å². The molecule has 0 aromatic carbocycles. The van der Waals surface area contributed by atoms with Gasteiger partial charge in [-0.15, -0.1) is 0 Å². The summed E-state index contributed by atoms with van der Waals surface area (Å²) in [5.41, 5.74) is 1.20. The number of hydrogen-bond donors (Lipinski definition) is 3. The summed E-state index contributed by atoms with van der Waals surface area (Å²) in [5, 5.41) is 18.9. The van der Waals surface area contributed by atoms with Gasteiger partial charge in [0.25, 0.3) is 5.91 Å². The lowest BCUT2D eigenvalue weighted by atomic mass is 10.0. The average Bonchev–Trinajstić information content (AvgIpc) is 2.71. The van der Waals surface area contributed by atoms with Crippen molar-refractivity contribution in [1.82, 2.24) is 15.5 Å². The van der Waals surface area contributed by atoms with E-state index in [0.29, 0.717) is 5.69 Å². The number of carbonyl (C=O) groups is 1. The molecule has 0 aliphatic heterocycles. The van der Waals surface area contributed by atoms with E-state index < -0.39 is 6.10 Å². The standard InChI is InChI=1S/C11H19N3O2/c1-4-7(2)10(15)6-12-11(16)9-5-8(3)13-14-9/h5,7,10,15H,4,6H2,1-3H3,(H,12,16)(H,13,14). The van der Waals surface area contributed by atoms with E-state index in [0.717, 1.165) is 12.1 Å². The van der Waals surface area contributed by atoms with E-state index in [4.69, 9.17) is 0 Å². The topological polar surface area (TPSA) is 78.0 Å². The molecule has 1 amide bonds. The Hall–Kier alpha value is -1.36. The Labute approximate surface area is 95.3 Å². The van der Waals surface area contributed by atoms with Crippen molar-refractivity contribution in [2.24, 2.45) is 5.92 Å². The van der Waals surface area contributed by atoms with Gasteiger partial charge in [-0.25, -0.2) is 0 Å². The number of amides is 1. The van der Waals surface area contributed by atoms with Crippen LogP contribution in [0.15, 0.2) is 6.07 Å². The third kappa shape index (κ3) is 3.34. The third-order valence-corrected chi connectivity index (χ3v) is 2.71. The van der Waals surface area contributed by atoms with Crippen LogP contribution in [-0.2, 0) is 0 Å². The van der Waals surface area contributed by atoms with Crippen molar-refractivity contribution < 1.29 is 9.90 Å². The van der Waals surface area contributed by atoms with Gasteiger partial charge < -0.3 is 10.4 Å². The normalized spacial score (nSPS) is 14.5. The molecule has 5 heteroatoms. The predicted octanol–water partition coefficient (Wildman–Crippen LogP) is 0.855. The number of aromatic amines is 1. The monoisotopic (exact) mass is 225 g/mol. The first-order valence-electron chi connectivity index (χ1n) is 5.52.